The highest BCUT2D eigenvalue weighted by molar-refractivity contribution is 7.84. The predicted octanol–water partition coefficient (Wildman–Crippen LogP) is 5.09. The lowest BCUT2D eigenvalue weighted by atomic mass is 9.99. The zero-order valence-electron chi connectivity index (χ0n) is 23.8. The minimum atomic E-state index is -1.45. The highest BCUT2D eigenvalue weighted by Crippen LogP contribution is 2.30. The number of nitriles is 1. The number of hydrogen-bond donors (Lipinski definition) is 1. The number of hydrogen-bond acceptors (Lipinski definition) is 6. The molecule has 0 unspecified atom stereocenters. The third-order valence-corrected chi connectivity index (χ3v) is 9.14. The van der Waals surface area contributed by atoms with E-state index in [9.17, 15) is 18.7 Å². The van der Waals surface area contributed by atoms with Crippen LogP contribution in [-0.4, -0.2) is 66.6 Å². The van der Waals surface area contributed by atoms with Gasteiger partial charge < -0.3 is 20.0 Å². The van der Waals surface area contributed by atoms with Crippen molar-refractivity contribution in [2.45, 2.75) is 37.6 Å². The van der Waals surface area contributed by atoms with Crippen molar-refractivity contribution in [2.24, 2.45) is 0 Å². The molecule has 0 saturated carbocycles. The average Bonchev–Trinajstić information content (AvgIpc) is 2.98. The molecule has 1 amide bonds. The molecule has 41 heavy (non-hydrogen) atoms. The second-order valence-electron chi connectivity index (χ2n) is 10.8. The summed E-state index contributed by atoms with van der Waals surface area (Å²) >= 11 is 0. The van der Waals surface area contributed by atoms with E-state index in [0.717, 1.165) is 48.4 Å². The SMILES string of the molecule is Cc1cc(C)c(C(=O)N2CCN(c3cccc(F)c3[S@](C)=O)CC2)cc1NC1CCN(c2ccccc2C#N)CC1. The van der Waals surface area contributed by atoms with Crippen LogP contribution in [0, 0.1) is 31.0 Å². The summed E-state index contributed by atoms with van der Waals surface area (Å²) in [4.78, 5) is 20.0. The molecule has 214 valence electrons. The Morgan fingerprint density at radius 1 is 0.927 bits per heavy atom. The maximum atomic E-state index is 14.4. The fraction of sp³-hybridized carbons (Fsp3) is 0.375. The van der Waals surface area contributed by atoms with E-state index in [1.165, 1.54) is 12.3 Å². The molecule has 2 saturated heterocycles. The van der Waals surface area contributed by atoms with Crippen molar-refractivity contribution in [2.75, 3.05) is 60.6 Å². The van der Waals surface area contributed by atoms with Gasteiger partial charge in [0.05, 0.1) is 32.6 Å². The van der Waals surface area contributed by atoms with Crippen molar-refractivity contribution in [3.8, 4) is 6.07 Å². The molecule has 0 spiro atoms. The fourth-order valence-corrected chi connectivity index (χ4v) is 6.75. The normalized spacial score (nSPS) is 16.8. The van der Waals surface area contributed by atoms with Crippen molar-refractivity contribution in [1.29, 1.82) is 5.26 Å². The quantitative estimate of drug-likeness (QED) is 0.442. The van der Waals surface area contributed by atoms with E-state index in [-0.39, 0.29) is 16.8 Å². The maximum Gasteiger partial charge on any atom is 0.254 e. The number of piperazine rings is 1. The molecule has 2 aliphatic rings. The summed E-state index contributed by atoms with van der Waals surface area (Å²) in [7, 11) is -1.45. The van der Waals surface area contributed by atoms with E-state index in [0.29, 0.717) is 43.0 Å². The second-order valence-corrected chi connectivity index (χ2v) is 12.2. The molecule has 0 bridgehead atoms. The zero-order chi connectivity index (χ0) is 29.1. The first-order valence-electron chi connectivity index (χ1n) is 14.0. The Hall–Kier alpha value is -3.90. The molecule has 2 fully saturated rings. The summed E-state index contributed by atoms with van der Waals surface area (Å²) in [5, 5.41) is 13.2. The van der Waals surface area contributed by atoms with Crippen LogP contribution in [-0.2, 0) is 10.8 Å². The molecule has 1 N–H and O–H groups in total. The molecule has 2 aliphatic heterocycles. The van der Waals surface area contributed by atoms with Crippen LogP contribution in [0.4, 0.5) is 21.5 Å². The van der Waals surface area contributed by atoms with Gasteiger partial charge in [-0.2, -0.15) is 5.26 Å². The smallest absolute Gasteiger partial charge is 0.254 e. The summed E-state index contributed by atoms with van der Waals surface area (Å²) < 4.78 is 26.6. The number of nitrogens with zero attached hydrogens (tertiary/aromatic N) is 4. The largest absolute Gasteiger partial charge is 0.382 e. The third kappa shape index (κ3) is 6.08. The maximum absolute atomic E-state index is 14.4. The number of halogens is 1. The molecule has 3 aromatic carbocycles. The Balaban J connectivity index is 1.24. The Kier molecular flexibility index (Phi) is 8.60. The number of benzene rings is 3. The summed E-state index contributed by atoms with van der Waals surface area (Å²) in [5.74, 6) is -0.471. The molecule has 2 heterocycles. The van der Waals surface area contributed by atoms with Crippen molar-refractivity contribution < 1.29 is 13.4 Å². The number of anilines is 3. The van der Waals surface area contributed by atoms with Crippen molar-refractivity contribution >= 4 is 33.8 Å². The summed E-state index contributed by atoms with van der Waals surface area (Å²) in [5.41, 5.74) is 6.04. The molecular formula is C32H36FN5O2S. The van der Waals surface area contributed by atoms with Gasteiger partial charge in [0.15, 0.2) is 0 Å². The topological polar surface area (TPSA) is 79.7 Å². The Labute approximate surface area is 244 Å². The van der Waals surface area contributed by atoms with E-state index in [1.807, 2.05) is 47.1 Å². The van der Waals surface area contributed by atoms with E-state index in [4.69, 9.17) is 0 Å². The van der Waals surface area contributed by atoms with Gasteiger partial charge in [-0.1, -0.05) is 24.3 Å². The number of nitrogens with one attached hydrogen (secondary N) is 1. The van der Waals surface area contributed by atoms with Crippen LogP contribution in [0.15, 0.2) is 59.5 Å². The summed E-state index contributed by atoms with van der Waals surface area (Å²) in [6.07, 6.45) is 3.36. The van der Waals surface area contributed by atoms with Crippen LogP contribution in [0.3, 0.4) is 0 Å². The minimum absolute atomic E-state index is 0.00772. The number of carbonyl (C=O) groups excluding carboxylic acids is 1. The number of rotatable bonds is 6. The molecule has 1 atom stereocenters. The average molecular weight is 574 g/mol. The van der Waals surface area contributed by atoms with Gasteiger partial charge in [-0.05, 0) is 68.1 Å². The molecule has 9 heteroatoms. The molecule has 0 aliphatic carbocycles. The van der Waals surface area contributed by atoms with Crippen molar-refractivity contribution in [1.82, 2.24) is 4.90 Å². The minimum Gasteiger partial charge on any atom is -0.382 e. The zero-order valence-corrected chi connectivity index (χ0v) is 24.6. The molecule has 5 rings (SSSR count). The van der Waals surface area contributed by atoms with E-state index < -0.39 is 16.6 Å². The molecule has 0 radical (unpaired) electrons. The van der Waals surface area contributed by atoms with Gasteiger partial charge in [0, 0.05) is 62.8 Å². The lowest BCUT2D eigenvalue weighted by Gasteiger charge is -2.37. The van der Waals surface area contributed by atoms with Gasteiger partial charge in [0.25, 0.3) is 5.91 Å². The fourth-order valence-electron chi connectivity index (χ4n) is 5.92. The molecule has 7 nitrogen and oxygen atoms in total. The first kappa shape index (κ1) is 28.6. The monoisotopic (exact) mass is 573 g/mol. The highest BCUT2D eigenvalue weighted by atomic mass is 32.2. The lowest BCUT2D eigenvalue weighted by molar-refractivity contribution is 0.0746. The van der Waals surface area contributed by atoms with Crippen LogP contribution < -0.4 is 15.1 Å². The van der Waals surface area contributed by atoms with Crippen molar-refractivity contribution in [3.05, 3.63) is 82.7 Å². The number of piperidine rings is 1. The Bertz CT molecular complexity index is 1500. The first-order valence-corrected chi connectivity index (χ1v) is 15.6. The summed E-state index contributed by atoms with van der Waals surface area (Å²) in [6, 6.07) is 19.1. The molecule has 3 aromatic rings. The van der Waals surface area contributed by atoms with Gasteiger partial charge >= 0.3 is 0 Å². The standard InChI is InChI=1S/C32H36FN5O2S/c1-22-19-23(2)28(35-25-11-13-36(14-12-25)29-9-5-4-7-24(29)21-34)20-26(22)32(39)38-17-15-37(16-18-38)30-10-6-8-27(33)31(30)41(3)40/h4-10,19-20,25,35H,11-18H2,1-3H3/t41-/m0/s1. The number of aryl methyl sites for hydroxylation is 2. The lowest BCUT2D eigenvalue weighted by Crippen LogP contribution is -2.49. The van der Waals surface area contributed by atoms with Gasteiger partial charge in [-0.15, -0.1) is 0 Å². The molecule has 0 aromatic heterocycles. The van der Waals surface area contributed by atoms with E-state index >= 15 is 0 Å². The van der Waals surface area contributed by atoms with Gasteiger partial charge in [-0.25, -0.2) is 4.39 Å². The van der Waals surface area contributed by atoms with Gasteiger partial charge in [-0.3, -0.25) is 9.00 Å². The summed E-state index contributed by atoms with van der Waals surface area (Å²) in [6.45, 7) is 7.85. The number of amides is 1. The Morgan fingerprint density at radius 2 is 1.59 bits per heavy atom. The van der Waals surface area contributed by atoms with Gasteiger partial charge in [0.2, 0.25) is 0 Å². The van der Waals surface area contributed by atoms with Crippen LogP contribution >= 0.6 is 0 Å². The van der Waals surface area contributed by atoms with Crippen LogP contribution in [0.25, 0.3) is 0 Å². The molecular weight excluding hydrogens is 537 g/mol. The van der Waals surface area contributed by atoms with E-state index in [1.54, 1.807) is 12.1 Å². The van der Waals surface area contributed by atoms with E-state index in [2.05, 4.69) is 29.3 Å². The number of para-hydroxylation sites is 1. The number of carbonyl (C=O) groups is 1. The predicted molar refractivity (Wildman–Crippen MR) is 163 cm³/mol. The Morgan fingerprint density at radius 3 is 2.27 bits per heavy atom. The van der Waals surface area contributed by atoms with Gasteiger partial charge in [0.1, 0.15) is 11.9 Å². The van der Waals surface area contributed by atoms with Crippen molar-refractivity contribution in [3.63, 3.8) is 0 Å². The highest BCUT2D eigenvalue weighted by Gasteiger charge is 2.27. The van der Waals surface area contributed by atoms with Crippen LogP contribution in [0.2, 0.25) is 0 Å². The van der Waals surface area contributed by atoms with Crippen LogP contribution in [0.5, 0.6) is 0 Å². The second kappa shape index (κ2) is 12.3. The van der Waals surface area contributed by atoms with Crippen LogP contribution in [0.1, 0.15) is 39.9 Å². The first-order chi connectivity index (χ1) is 19.8. The third-order valence-electron chi connectivity index (χ3n) is 8.16.